The highest BCUT2D eigenvalue weighted by atomic mass is 32.2. The maximum Gasteiger partial charge on any atom is 0.180 e. The Morgan fingerprint density at radius 3 is 1.56 bits per heavy atom. The van der Waals surface area contributed by atoms with Gasteiger partial charge in [0.1, 0.15) is 6.29 Å². The number of benzene rings is 2. The number of aldehydes is 1. The molecule has 25 heavy (non-hydrogen) atoms. The van der Waals surface area contributed by atoms with Crippen LogP contribution in [0.15, 0.2) is 34.1 Å². The van der Waals surface area contributed by atoms with Gasteiger partial charge in [0, 0.05) is 9.79 Å². The zero-order valence-corrected chi connectivity index (χ0v) is 16.7. The maximum atomic E-state index is 10.7. The van der Waals surface area contributed by atoms with Crippen LogP contribution in [0.2, 0.25) is 0 Å². The fraction of sp³-hybridized carbons (Fsp3) is 0.333. The smallest absolute Gasteiger partial charge is 0.180 e. The van der Waals surface area contributed by atoms with E-state index in [-0.39, 0.29) is 0 Å². The predicted octanol–water partition coefficient (Wildman–Crippen LogP) is 5.35. The predicted molar refractivity (Wildman–Crippen MR) is 110 cm³/mol. The van der Waals surface area contributed by atoms with Gasteiger partial charge in [-0.25, -0.2) is 0 Å². The van der Waals surface area contributed by atoms with Gasteiger partial charge in [-0.05, 0) is 90.3 Å². The lowest BCUT2D eigenvalue weighted by molar-refractivity contribution is -0.106. The van der Waals surface area contributed by atoms with Crippen molar-refractivity contribution in [2.24, 2.45) is 0 Å². The van der Waals surface area contributed by atoms with Crippen molar-refractivity contribution in [1.29, 1.82) is 0 Å². The topological polar surface area (TPSA) is 34.1 Å². The Morgan fingerprint density at radius 2 is 1.20 bits per heavy atom. The number of aryl methyl sites for hydroxylation is 4. The molecule has 2 aliphatic carbocycles. The lowest BCUT2D eigenvalue weighted by Gasteiger charge is -2.30. The molecule has 2 aromatic rings. The van der Waals surface area contributed by atoms with E-state index in [9.17, 15) is 4.79 Å². The first kappa shape index (κ1) is 19.8. The number of thiol groups is 1. The summed E-state index contributed by atoms with van der Waals surface area (Å²) in [5, 5.41) is 0. The lowest BCUT2D eigenvalue weighted by atomic mass is 9.75. The second kappa shape index (κ2) is 9.25. The Balaban J connectivity index is 0.000000410. The van der Waals surface area contributed by atoms with Crippen LogP contribution in [0.5, 0.6) is 0 Å². The van der Waals surface area contributed by atoms with Crippen LogP contribution in [0, 0.1) is 0 Å². The minimum absolute atomic E-state index is 0.750. The third-order valence-electron chi connectivity index (χ3n) is 4.32. The summed E-state index contributed by atoms with van der Waals surface area (Å²) in [4.78, 5) is 21.7. The number of hydrogen-bond donors (Lipinski definition) is 1. The van der Waals surface area contributed by atoms with E-state index in [2.05, 4.69) is 36.9 Å². The summed E-state index contributed by atoms with van der Waals surface area (Å²) < 4.78 is 0. The maximum absolute atomic E-state index is 10.7. The molecule has 2 aromatic carbocycles. The van der Waals surface area contributed by atoms with E-state index in [4.69, 9.17) is 4.79 Å². The molecule has 0 fully saturated rings. The molecule has 2 nitrogen and oxygen atoms in total. The highest BCUT2D eigenvalue weighted by Gasteiger charge is 2.26. The normalized spacial score (nSPS) is 12.6. The highest BCUT2D eigenvalue weighted by Crippen LogP contribution is 2.44. The van der Waals surface area contributed by atoms with Crippen molar-refractivity contribution in [2.75, 3.05) is 0 Å². The summed E-state index contributed by atoms with van der Waals surface area (Å²) in [6, 6.07) is 8.83. The summed E-state index contributed by atoms with van der Waals surface area (Å²) >= 11 is 5.82. The number of carbonyl (C=O) groups excluding carboxylic acids is 2. The first-order chi connectivity index (χ1) is 12.2. The van der Waals surface area contributed by atoms with E-state index in [1.807, 2.05) is 13.8 Å². The fourth-order valence-electron chi connectivity index (χ4n) is 3.58. The molecule has 0 saturated carbocycles. The van der Waals surface area contributed by atoms with Crippen molar-refractivity contribution in [1.82, 2.24) is 0 Å². The van der Waals surface area contributed by atoms with E-state index < -0.39 is 0 Å². The molecule has 0 heterocycles. The van der Waals surface area contributed by atoms with Gasteiger partial charge < -0.3 is 4.79 Å². The van der Waals surface area contributed by atoms with E-state index in [1.165, 1.54) is 52.1 Å². The second-order valence-electron chi connectivity index (χ2n) is 5.71. The zero-order chi connectivity index (χ0) is 18.4. The molecule has 0 radical (unpaired) electrons. The zero-order valence-electron chi connectivity index (χ0n) is 15.0. The van der Waals surface area contributed by atoms with Gasteiger partial charge in [-0.1, -0.05) is 25.6 Å². The van der Waals surface area contributed by atoms with E-state index in [1.54, 1.807) is 0 Å². The van der Waals surface area contributed by atoms with Gasteiger partial charge >= 0.3 is 0 Å². The summed E-state index contributed by atoms with van der Waals surface area (Å²) in [5.74, 6) is 0. The second-order valence-corrected chi connectivity index (χ2v) is 7.12. The van der Waals surface area contributed by atoms with Crippen LogP contribution in [-0.4, -0.2) is 11.9 Å². The van der Waals surface area contributed by atoms with Crippen molar-refractivity contribution < 1.29 is 9.59 Å². The first-order valence-corrected chi connectivity index (χ1v) is 10.0. The van der Waals surface area contributed by atoms with Crippen LogP contribution in [-0.2, 0) is 35.3 Å². The van der Waals surface area contributed by atoms with Gasteiger partial charge in [0.15, 0.2) is 5.62 Å². The Morgan fingerprint density at radius 1 is 0.840 bits per heavy atom. The third kappa shape index (κ3) is 4.18. The minimum atomic E-state index is 0.750. The number of rotatable bonds is 2. The van der Waals surface area contributed by atoms with Gasteiger partial charge in [-0.2, -0.15) is 0 Å². The van der Waals surface area contributed by atoms with Crippen molar-refractivity contribution >= 4 is 36.3 Å². The Labute approximate surface area is 159 Å². The van der Waals surface area contributed by atoms with Gasteiger partial charge in [-0.15, -0.1) is 12.6 Å². The van der Waals surface area contributed by atoms with Crippen LogP contribution in [0.3, 0.4) is 0 Å². The Hall–Kier alpha value is -1.52. The number of hydrogen-bond acceptors (Lipinski definition) is 4. The molecule has 0 spiro atoms. The Bertz CT molecular complexity index is 731. The van der Waals surface area contributed by atoms with Crippen LogP contribution >= 0.6 is 24.4 Å². The summed E-state index contributed by atoms with van der Waals surface area (Å²) in [6.45, 7) is 5.44. The summed E-state index contributed by atoms with van der Waals surface area (Å²) in [5.41, 5.74) is 9.52. The molecule has 0 amide bonds. The van der Waals surface area contributed by atoms with Gasteiger partial charge in [0.25, 0.3) is 0 Å². The Kier molecular flexibility index (Phi) is 7.33. The molecule has 0 saturated heterocycles. The van der Waals surface area contributed by atoms with Gasteiger partial charge in [0.2, 0.25) is 0 Å². The lowest BCUT2D eigenvalue weighted by Crippen LogP contribution is -2.14. The molecular formula is C21H24O2S2. The van der Waals surface area contributed by atoms with Gasteiger partial charge in [-0.3, -0.25) is 4.79 Å². The van der Waals surface area contributed by atoms with Crippen molar-refractivity contribution in [2.45, 2.75) is 56.2 Å². The highest BCUT2D eigenvalue weighted by molar-refractivity contribution is 8.11. The molecule has 0 unspecified atom stereocenters. The largest absolute Gasteiger partial charge is 0.304 e. The van der Waals surface area contributed by atoms with Crippen LogP contribution in [0.4, 0.5) is 0 Å². The monoisotopic (exact) mass is 372 g/mol. The molecule has 0 bridgehead atoms. The molecule has 4 heteroatoms. The SMILES string of the molecule is CC.CC=O.O=CSc1cc2c3c(c1)CCc1cc(S)cc(c1-3)CC2. The van der Waals surface area contributed by atoms with E-state index in [0.717, 1.165) is 47.4 Å². The summed E-state index contributed by atoms with van der Waals surface area (Å²) in [6.07, 6.45) is 5.05. The molecule has 0 aromatic heterocycles. The molecule has 0 atom stereocenters. The molecule has 2 aliphatic rings. The molecule has 4 rings (SSSR count). The van der Waals surface area contributed by atoms with Crippen molar-refractivity contribution in [3.8, 4) is 11.1 Å². The first-order valence-electron chi connectivity index (χ1n) is 8.69. The average molecular weight is 373 g/mol. The minimum Gasteiger partial charge on any atom is -0.304 e. The van der Waals surface area contributed by atoms with Gasteiger partial charge in [0.05, 0.1) is 0 Å². The van der Waals surface area contributed by atoms with Crippen molar-refractivity contribution in [3.63, 3.8) is 0 Å². The fourth-order valence-corrected chi connectivity index (χ4v) is 4.42. The molecular weight excluding hydrogens is 348 g/mol. The molecule has 0 N–H and O–H groups in total. The van der Waals surface area contributed by atoms with E-state index in [0.29, 0.717) is 0 Å². The number of thioether (sulfide) groups is 1. The van der Waals surface area contributed by atoms with Crippen LogP contribution < -0.4 is 0 Å². The quantitative estimate of drug-likeness (QED) is 0.438. The molecule has 132 valence electrons. The standard InChI is InChI=1S/C17H14OS2.C2H4O.C2H6/c18-9-20-15-7-12-3-1-10-5-14(19)6-11-2-4-13(8-15)17(12)16(10)11;1-2-3;1-2/h5-9,19H,1-4H2;2H,1H3;1-2H3. The summed E-state index contributed by atoms with van der Waals surface area (Å²) in [7, 11) is 0. The van der Waals surface area contributed by atoms with E-state index >= 15 is 0 Å². The van der Waals surface area contributed by atoms with Crippen LogP contribution in [0.1, 0.15) is 43.0 Å². The average Bonchev–Trinajstić information content (AvgIpc) is 2.62. The van der Waals surface area contributed by atoms with Crippen LogP contribution in [0.25, 0.3) is 11.1 Å². The third-order valence-corrected chi connectivity index (χ3v) is 5.19. The molecule has 0 aliphatic heterocycles. The van der Waals surface area contributed by atoms with Crippen molar-refractivity contribution in [3.05, 3.63) is 46.5 Å². The number of carbonyl (C=O) groups is 2.